The van der Waals surface area contributed by atoms with Gasteiger partial charge in [-0.3, -0.25) is 0 Å². The summed E-state index contributed by atoms with van der Waals surface area (Å²) in [5.74, 6) is -0.508. The van der Waals surface area contributed by atoms with E-state index >= 15 is 0 Å². The average Bonchev–Trinajstić information content (AvgIpc) is 2.85. The predicted octanol–water partition coefficient (Wildman–Crippen LogP) is 0.791. The van der Waals surface area contributed by atoms with Crippen LogP contribution in [0.5, 0.6) is 0 Å². The lowest BCUT2D eigenvalue weighted by molar-refractivity contribution is 0.0690. The Morgan fingerprint density at radius 1 is 1.38 bits per heavy atom. The van der Waals surface area contributed by atoms with E-state index in [0.29, 0.717) is 11.5 Å². The van der Waals surface area contributed by atoms with E-state index in [4.69, 9.17) is 5.11 Å². The van der Waals surface area contributed by atoms with Crippen LogP contribution in [0.1, 0.15) is 29.3 Å². The van der Waals surface area contributed by atoms with Gasteiger partial charge in [-0.1, -0.05) is 0 Å². The Hall–Kier alpha value is -2.97. The van der Waals surface area contributed by atoms with Crippen LogP contribution in [0, 0.1) is 0 Å². The van der Waals surface area contributed by atoms with Crippen molar-refractivity contribution in [1.29, 1.82) is 0 Å². The number of aryl methyl sites for hydroxylation is 1. The summed E-state index contributed by atoms with van der Waals surface area (Å²) in [5, 5.41) is 21.6. The highest BCUT2D eigenvalue weighted by Gasteiger charge is 2.14. The number of pyridine rings is 1. The molecule has 0 bridgehead atoms. The van der Waals surface area contributed by atoms with E-state index in [2.05, 4.69) is 25.8 Å². The number of hydrogen-bond donors (Lipinski definition) is 3. The maximum atomic E-state index is 11.8. The molecule has 9 heteroatoms. The van der Waals surface area contributed by atoms with Crippen LogP contribution >= 0.6 is 0 Å². The number of aromatic nitrogens is 4. The maximum Gasteiger partial charge on any atom is 0.354 e. The molecule has 2 heterocycles. The van der Waals surface area contributed by atoms with Gasteiger partial charge in [0.15, 0.2) is 5.82 Å². The molecule has 0 aliphatic carbocycles. The van der Waals surface area contributed by atoms with Crippen molar-refractivity contribution >= 4 is 17.7 Å². The fourth-order valence-electron chi connectivity index (χ4n) is 1.71. The number of nitrogens with zero attached hydrogens (tertiary/aromatic N) is 4. The third-order valence-electron chi connectivity index (χ3n) is 2.72. The van der Waals surface area contributed by atoms with E-state index in [1.807, 2.05) is 0 Å². The zero-order chi connectivity index (χ0) is 15.4. The van der Waals surface area contributed by atoms with Crippen LogP contribution in [0.2, 0.25) is 0 Å². The first-order valence-electron chi connectivity index (χ1n) is 6.08. The normalized spacial score (nSPS) is 11.7. The lowest BCUT2D eigenvalue weighted by atomic mass is 10.3. The molecule has 2 aromatic rings. The number of carboxylic acids is 1. The number of anilines is 1. The summed E-state index contributed by atoms with van der Waals surface area (Å²) in [6.45, 7) is 1.77. The van der Waals surface area contributed by atoms with Gasteiger partial charge in [0.25, 0.3) is 0 Å². The summed E-state index contributed by atoms with van der Waals surface area (Å²) < 4.78 is 1.70. The molecule has 0 spiro atoms. The van der Waals surface area contributed by atoms with Crippen molar-refractivity contribution in [2.24, 2.45) is 7.05 Å². The molecule has 0 saturated heterocycles. The molecule has 1 unspecified atom stereocenters. The Bertz CT molecular complexity index is 651. The zero-order valence-electron chi connectivity index (χ0n) is 11.4. The van der Waals surface area contributed by atoms with Crippen LogP contribution in [-0.2, 0) is 7.05 Å². The molecular weight excluding hydrogens is 276 g/mol. The van der Waals surface area contributed by atoms with Crippen molar-refractivity contribution in [2.75, 3.05) is 5.32 Å². The monoisotopic (exact) mass is 290 g/mol. The molecule has 2 aromatic heterocycles. The third-order valence-corrected chi connectivity index (χ3v) is 2.72. The van der Waals surface area contributed by atoms with Crippen LogP contribution in [-0.4, -0.2) is 36.9 Å². The van der Waals surface area contributed by atoms with Crippen molar-refractivity contribution in [1.82, 2.24) is 25.1 Å². The first-order valence-corrected chi connectivity index (χ1v) is 6.08. The summed E-state index contributed by atoms with van der Waals surface area (Å²) in [4.78, 5) is 26.2. The lowest BCUT2D eigenvalue weighted by Crippen LogP contribution is -2.32. The number of carbonyl (C=O) groups excluding carboxylic acids is 1. The number of hydrogen-bond acceptors (Lipinski definition) is 5. The summed E-state index contributed by atoms with van der Waals surface area (Å²) in [6.07, 6.45) is 2.82. The molecule has 0 saturated carbocycles. The highest BCUT2D eigenvalue weighted by atomic mass is 16.4. The van der Waals surface area contributed by atoms with Crippen LogP contribution in [0.4, 0.5) is 10.5 Å². The molecule has 2 rings (SSSR count). The topological polar surface area (TPSA) is 122 Å². The Balaban J connectivity index is 1.95. The van der Waals surface area contributed by atoms with Gasteiger partial charge in [0, 0.05) is 7.05 Å². The number of rotatable bonds is 4. The number of nitrogens with one attached hydrogen (secondary N) is 2. The van der Waals surface area contributed by atoms with Crippen LogP contribution in [0.3, 0.4) is 0 Å². The first kappa shape index (κ1) is 14.4. The van der Waals surface area contributed by atoms with E-state index < -0.39 is 12.0 Å². The van der Waals surface area contributed by atoms with Gasteiger partial charge in [-0.25, -0.2) is 14.6 Å². The van der Waals surface area contributed by atoms with Crippen molar-refractivity contribution in [3.63, 3.8) is 0 Å². The average molecular weight is 290 g/mol. The number of urea groups is 1. The molecule has 2 amide bonds. The highest BCUT2D eigenvalue weighted by molar-refractivity contribution is 5.90. The minimum Gasteiger partial charge on any atom is -0.477 e. The van der Waals surface area contributed by atoms with Crippen molar-refractivity contribution < 1.29 is 14.7 Å². The Kier molecular flexibility index (Phi) is 4.12. The Morgan fingerprint density at radius 2 is 2.14 bits per heavy atom. The van der Waals surface area contributed by atoms with E-state index in [-0.39, 0.29) is 11.7 Å². The summed E-state index contributed by atoms with van der Waals surface area (Å²) in [6, 6.07) is 1.99. The standard InChI is InChI=1S/C12H14N6O3/c1-7(10-17-14-6-18(10)2)15-12(21)16-8-3-4-9(11(19)20)13-5-8/h3-7H,1-2H3,(H,19,20)(H2,15,16,21). The van der Waals surface area contributed by atoms with Crippen molar-refractivity contribution in [2.45, 2.75) is 13.0 Å². The van der Waals surface area contributed by atoms with Gasteiger partial charge in [-0.05, 0) is 19.1 Å². The van der Waals surface area contributed by atoms with E-state index in [1.165, 1.54) is 18.3 Å². The third kappa shape index (κ3) is 3.53. The molecular formula is C12H14N6O3. The van der Waals surface area contributed by atoms with Gasteiger partial charge in [-0.2, -0.15) is 0 Å². The second-order valence-corrected chi connectivity index (χ2v) is 4.36. The molecule has 110 valence electrons. The largest absolute Gasteiger partial charge is 0.477 e. The van der Waals surface area contributed by atoms with Gasteiger partial charge in [-0.15, -0.1) is 10.2 Å². The summed E-state index contributed by atoms with van der Waals surface area (Å²) >= 11 is 0. The molecule has 0 radical (unpaired) electrons. The quantitative estimate of drug-likeness (QED) is 0.765. The van der Waals surface area contributed by atoms with Crippen molar-refractivity contribution in [3.05, 3.63) is 36.2 Å². The fraction of sp³-hybridized carbons (Fsp3) is 0.250. The number of amides is 2. The van der Waals surface area contributed by atoms with E-state index in [1.54, 1.807) is 24.9 Å². The van der Waals surface area contributed by atoms with E-state index in [9.17, 15) is 9.59 Å². The van der Waals surface area contributed by atoms with Crippen LogP contribution in [0.25, 0.3) is 0 Å². The fourth-order valence-corrected chi connectivity index (χ4v) is 1.71. The highest BCUT2D eigenvalue weighted by Crippen LogP contribution is 2.09. The lowest BCUT2D eigenvalue weighted by Gasteiger charge is -2.13. The Morgan fingerprint density at radius 3 is 2.67 bits per heavy atom. The Labute approximate surface area is 120 Å². The van der Waals surface area contributed by atoms with Crippen LogP contribution in [0.15, 0.2) is 24.7 Å². The van der Waals surface area contributed by atoms with E-state index in [0.717, 1.165) is 0 Å². The maximum absolute atomic E-state index is 11.8. The number of carbonyl (C=O) groups is 2. The predicted molar refractivity (Wildman–Crippen MR) is 72.8 cm³/mol. The molecule has 0 fully saturated rings. The van der Waals surface area contributed by atoms with Gasteiger partial charge < -0.3 is 20.3 Å². The van der Waals surface area contributed by atoms with Crippen LogP contribution < -0.4 is 10.6 Å². The number of carboxylic acid groups (broad SMARTS) is 1. The van der Waals surface area contributed by atoms with Crippen molar-refractivity contribution in [3.8, 4) is 0 Å². The van der Waals surface area contributed by atoms with Gasteiger partial charge in [0.05, 0.1) is 17.9 Å². The summed E-state index contributed by atoms with van der Waals surface area (Å²) in [7, 11) is 1.78. The molecule has 1 atom stereocenters. The minimum atomic E-state index is -1.12. The summed E-state index contributed by atoms with van der Waals surface area (Å²) in [5.41, 5.74) is 0.302. The second kappa shape index (κ2) is 5.99. The van der Waals surface area contributed by atoms with Gasteiger partial charge >= 0.3 is 12.0 Å². The molecule has 0 aliphatic heterocycles. The van der Waals surface area contributed by atoms with Gasteiger partial charge in [0.1, 0.15) is 12.0 Å². The zero-order valence-corrected chi connectivity index (χ0v) is 11.4. The molecule has 9 nitrogen and oxygen atoms in total. The number of aromatic carboxylic acids is 1. The second-order valence-electron chi connectivity index (χ2n) is 4.36. The molecule has 0 aliphatic rings. The molecule has 0 aromatic carbocycles. The molecule has 3 N–H and O–H groups in total. The molecule has 21 heavy (non-hydrogen) atoms. The SMILES string of the molecule is CC(NC(=O)Nc1ccc(C(=O)O)nc1)c1nncn1C. The van der Waals surface area contributed by atoms with Gasteiger partial charge in [0.2, 0.25) is 0 Å². The smallest absolute Gasteiger partial charge is 0.354 e. The minimum absolute atomic E-state index is 0.0894. The first-order chi connectivity index (χ1) is 9.97.